The van der Waals surface area contributed by atoms with Crippen LogP contribution in [0.25, 0.3) is 0 Å². The number of nitrogens with one attached hydrogen (secondary N) is 1. The Balaban J connectivity index is 1.60. The van der Waals surface area contributed by atoms with Gasteiger partial charge in [-0.1, -0.05) is 18.2 Å². The van der Waals surface area contributed by atoms with Crippen LogP contribution in [0.15, 0.2) is 30.3 Å². The molecule has 1 heterocycles. The van der Waals surface area contributed by atoms with Gasteiger partial charge in [-0.15, -0.1) is 0 Å². The van der Waals surface area contributed by atoms with Crippen LogP contribution in [0, 0.1) is 5.92 Å². The maximum absolute atomic E-state index is 11.8. The molecule has 1 saturated heterocycles. The van der Waals surface area contributed by atoms with Crippen LogP contribution in [0.2, 0.25) is 0 Å². The van der Waals surface area contributed by atoms with Crippen LogP contribution >= 0.6 is 0 Å². The maximum atomic E-state index is 11.8. The number of ether oxygens (including phenoxy) is 1. The fourth-order valence-electron chi connectivity index (χ4n) is 2.48. The molecule has 5 heteroatoms. The molecule has 1 aromatic rings. The summed E-state index contributed by atoms with van der Waals surface area (Å²) in [6.45, 7) is 2.87. The van der Waals surface area contributed by atoms with Crippen molar-refractivity contribution in [3.8, 4) is 5.75 Å². The predicted octanol–water partition coefficient (Wildman–Crippen LogP) is 1.09. The van der Waals surface area contributed by atoms with E-state index in [4.69, 9.17) is 4.74 Å². The quantitative estimate of drug-likeness (QED) is 0.603. The van der Waals surface area contributed by atoms with Crippen LogP contribution in [0.3, 0.4) is 0 Å². The first-order chi connectivity index (χ1) is 10.3. The molecule has 0 aromatic heterocycles. The number of para-hydroxylation sites is 1. The fourth-order valence-corrected chi connectivity index (χ4v) is 2.48. The Kier molecular flexibility index (Phi) is 6.22. The molecule has 1 aliphatic rings. The average molecular weight is 290 g/mol. The second-order valence-corrected chi connectivity index (χ2v) is 5.28. The van der Waals surface area contributed by atoms with Crippen molar-refractivity contribution < 1.29 is 14.3 Å². The largest absolute Gasteiger partial charge is 0.492 e. The number of piperidine rings is 1. The monoisotopic (exact) mass is 290 g/mol. The fraction of sp³-hybridized carbons (Fsp3) is 0.500. The highest BCUT2D eigenvalue weighted by Crippen LogP contribution is 2.13. The summed E-state index contributed by atoms with van der Waals surface area (Å²) in [5, 5.41) is 2.84. The number of hydrogen-bond donors (Lipinski definition) is 1. The summed E-state index contributed by atoms with van der Waals surface area (Å²) in [5.74, 6) is 0.864. The van der Waals surface area contributed by atoms with E-state index in [9.17, 15) is 9.59 Å². The molecular formula is C16H22N2O3. The molecule has 21 heavy (non-hydrogen) atoms. The van der Waals surface area contributed by atoms with E-state index in [1.54, 1.807) is 0 Å². The minimum atomic E-state index is -0.0155. The Morgan fingerprint density at radius 2 is 2.19 bits per heavy atom. The number of carbonyl (C=O) groups is 2. The van der Waals surface area contributed by atoms with Gasteiger partial charge >= 0.3 is 0 Å². The highest BCUT2D eigenvalue weighted by Gasteiger charge is 2.20. The van der Waals surface area contributed by atoms with Gasteiger partial charge in [0.15, 0.2) is 0 Å². The van der Waals surface area contributed by atoms with Gasteiger partial charge in [0.05, 0.1) is 13.1 Å². The van der Waals surface area contributed by atoms with Gasteiger partial charge in [0.2, 0.25) is 5.91 Å². The van der Waals surface area contributed by atoms with Crippen molar-refractivity contribution >= 4 is 12.2 Å². The minimum absolute atomic E-state index is 0.0155. The van der Waals surface area contributed by atoms with Crippen LogP contribution in [-0.4, -0.2) is 49.9 Å². The van der Waals surface area contributed by atoms with E-state index < -0.39 is 0 Å². The van der Waals surface area contributed by atoms with Gasteiger partial charge in [-0.2, -0.15) is 0 Å². The highest BCUT2D eigenvalue weighted by atomic mass is 16.5. The normalized spacial score (nSPS) is 19.0. The topological polar surface area (TPSA) is 58.6 Å². The number of amides is 1. The van der Waals surface area contributed by atoms with Crippen LogP contribution in [0.5, 0.6) is 5.75 Å². The molecule has 1 amide bonds. The van der Waals surface area contributed by atoms with E-state index in [1.165, 1.54) is 0 Å². The minimum Gasteiger partial charge on any atom is -0.492 e. The smallest absolute Gasteiger partial charge is 0.234 e. The number of likely N-dealkylation sites (tertiary alicyclic amines) is 1. The second-order valence-electron chi connectivity index (χ2n) is 5.28. The lowest BCUT2D eigenvalue weighted by Crippen LogP contribution is -2.43. The number of carbonyl (C=O) groups excluding carboxylic acids is 2. The Hall–Kier alpha value is -1.88. The van der Waals surface area contributed by atoms with Crippen molar-refractivity contribution in [2.24, 2.45) is 5.92 Å². The Morgan fingerprint density at radius 1 is 1.38 bits per heavy atom. The third-order valence-electron chi connectivity index (χ3n) is 3.54. The summed E-state index contributed by atoms with van der Waals surface area (Å²) >= 11 is 0. The zero-order valence-corrected chi connectivity index (χ0v) is 12.2. The first-order valence-electron chi connectivity index (χ1n) is 7.40. The third-order valence-corrected chi connectivity index (χ3v) is 3.54. The Bertz CT molecular complexity index is 450. The van der Waals surface area contributed by atoms with Gasteiger partial charge in [0.1, 0.15) is 18.6 Å². The van der Waals surface area contributed by atoms with E-state index >= 15 is 0 Å². The van der Waals surface area contributed by atoms with Gasteiger partial charge in [0.25, 0.3) is 0 Å². The highest BCUT2D eigenvalue weighted by molar-refractivity contribution is 5.78. The van der Waals surface area contributed by atoms with Crippen LogP contribution in [-0.2, 0) is 9.59 Å². The summed E-state index contributed by atoms with van der Waals surface area (Å²) in [7, 11) is 0. The van der Waals surface area contributed by atoms with Gasteiger partial charge in [0, 0.05) is 12.5 Å². The zero-order valence-electron chi connectivity index (χ0n) is 12.2. The lowest BCUT2D eigenvalue weighted by molar-refractivity contribution is -0.123. The summed E-state index contributed by atoms with van der Waals surface area (Å²) < 4.78 is 5.51. The Morgan fingerprint density at radius 3 is 2.95 bits per heavy atom. The van der Waals surface area contributed by atoms with Crippen molar-refractivity contribution in [3.05, 3.63) is 30.3 Å². The average Bonchev–Trinajstić information content (AvgIpc) is 2.53. The first-order valence-corrected chi connectivity index (χ1v) is 7.40. The van der Waals surface area contributed by atoms with Crippen LogP contribution in [0.1, 0.15) is 12.8 Å². The molecule has 1 aromatic carbocycles. The summed E-state index contributed by atoms with van der Waals surface area (Å²) in [6, 6.07) is 9.52. The SMILES string of the molecule is O=CC1CCCN(CC(=O)NCCOc2ccccc2)C1. The molecule has 2 rings (SSSR count). The summed E-state index contributed by atoms with van der Waals surface area (Å²) in [6.07, 6.45) is 2.91. The second kappa shape index (κ2) is 8.42. The van der Waals surface area contributed by atoms with Crippen molar-refractivity contribution in [1.82, 2.24) is 10.2 Å². The number of benzene rings is 1. The summed E-state index contributed by atoms with van der Waals surface area (Å²) in [4.78, 5) is 24.7. The van der Waals surface area contributed by atoms with Gasteiger partial charge in [-0.25, -0.2) is 0 Å². The molecule has 1 aliphatic heterocycles. The third kappa shape index (κ3) is 5.55. The molecule has 0 aliphatic carbocycles. The number of nitrogens with zero attached hydrogens (tertiary/aromatic N) is 1. The molecule has 0 bridgehead atoms. The van der Waals surface area contributed by atoms with E-state index in [0.29, 0.717) is 26.2 Å². The summed E-state index contributed by atoms with van der Waals surface area (Å²) in [5.41, 5.74) is 0. The molecule has 0 radical (unpaired) electrons. The van der Waals surface area contributed by atoms with Crippen LogP contribution < -0.4 is 10.1 Å². The number of aldehydes is 1. The molecule has 1 N–H and O–H groups in total. The molecular weight excluding hydrogens is 268 g/mol. The van der Waals surface area contributed by atoms with E-state index in [-0.39, 0.29) is 11.8 Å². The van der Waals surface area contributed by atoms with Gasteiger partial charge in [-0.3, -0.25) is 9.69 Å². The lowest BCUT2D eigenvalue weighted by atomic mass is 10.00. The molecule has 0 saturated carbocycles. The van der Waals surface area contributed by atoms with E-state index in [1.807, 2.05) is 35.2 Å². The number of hydrogen-bond acceptors (Lipinski definition) is 4. The molecule has 1 atom stereocenters. The Labute approximate surface area is 125 Å². The molecule has 0 spiro atoms. The van der Waals surface area contributed by atoms with E-state index in [2.05, 4.69) is 5.32 Å². The molecule has 1 unspecified atom stereocenters. The molecule has 5 nitrogen and oxygen atoms in total. The van der Waals surface area contributed by atoms with Crippen molar-refractivity contribution in [2.45, 2.75) is 12.8 Å². The van der Waals surface area contributed by atoms with E-state index in [0.717, 1.165) is 31.4 Å². The predicted molar refractivity (Wildman–Crippen MR) is 80.2 cm³/mol. The van der Waals surface area contributed by atoms with Crippen molar-refractivity contribution in [1.29, 1.82) is 0 Å². The standard InChI is InChI=1S/C16H22N2O3/c19-13-14-5-4-9-18(11-14)12-16(20)17-8-10-21-15-6-2-1-3-7-15/h1-3,6-7,13-14H,4-5,8-12H2,(H,17,20). The van der Waals surface area contributed by atoms with Crippen molar-refractivity contribution in [2.75, 3.05) is 32.8 Å². The van der Waals surface area contributed by atoms with Gasteiger partial charge in [-0.05, 0) is 31.5 Å². The zero-order chi connectivity index (χ0) is 14.9. The first kappa shape index (κ1) is 15.5. The van der Waals surface area contributed by atoms with Crippen LogP contribution in [0.4, 0.5) is 0 Å². The molecule has 1 fully saturated rings. The van der Waals surface area contributed by atoms with Gasteiger partial charge < -0.3 is 14.8 Å². The lowest BCUT2D eigenvalue weighted by Gasteiger charge is -2.29. The maximum Gasteiger partial charge on any atom is 0.234 e. The van der Waals surface area contributed by atoms with Crippen molar-refractivity contribution in [3.63, 3.8) is 0 Å². The number of rotatable bonds is 7. The molecule has 114 valence electrons.